The zero-order valence-electron chi connectivity index (χ0n) is 11.9. The van der Waals surface area contributed by atoms with Crippen LogP contribution in [0.5, 0.6) is 11.5 Å². The van der Waals surface area contributed by atoms with Crippen LogP contribution < -0.4 is 25.8 Å². The van der Waals surface area contributed by atoms with Crippen LogP contribution >= 0.6 is 0 Å². The lowest BCUT2D eigenvalue weighted by Gasteiger charge is -2.16. The highest BCUT2D eigenvalue weighted by atomic mass is 19.3. The normalized spacial score (nSPS) is 15.6. The number of alkyl halides is 2. The van der Waals surface area contributed by atoms with E-state index >= 15 is 0 Å². The van der Waals surface area contributed by atoms with Crippen molar-refractivity contribution in [2.24, 2.45) is 5.73 Å². The molecule has 124 valence electrons. The summed E-state index contributed by atoms with van der Waals surface area (Å²) in [4.78, 5) is 34.8. The average molecular weight is 329 g/mol. The number of hydrogen-bond donors (Lipinski definition) is 3. The van der Waals surface area contributed by atoms with Gasteiger partial charge in [-0.1, -0.05) is 6.07 Å². The second-order valence-corrected chi connectivity index (χ2v) is 4.61. The van der Waals surface area contributed by atoms with Crippen molar-refractivity contribution in [3.05, 3.63) is 23.8 Å². The lowest BCUT2D eigenvalue weighted by atomic mass is 10.1. The van der Waals surface area contributed by atoms with E-state index in [0.717, 1.165) is 0 Å². The molecule has 0 saturated heterocycles. The first-order valence-electron chi connectivity index (χ1n) is 6.43. The number of hydrogen-bond acceptors (Lipinski definition) is 5. The lowest BCUT2D eigenvalue weighted by molar-refractivity contribution is -0.286. The number of carbonyl (C=O) groups excluding carboxylic acids is 3. The fraction of sp³-hybridized carbons (Fsp3) is 0.308. The average Bonchev–Trinajstić information content (AvgIpc) is 2.78. The van der Waals surface area contributed by atoms with Gasteiger partial charge in [0.25, 0.3) is 5.91 Å². The highest BCUT2D eigenvalue weighted by Crippen LogP contribution is 2.43. The number of para-hydroxylation sites is 1. The van der Waals surface area contributed by atoms with Gasteiger partial charge in [0.2, 0.25) is 11.8 Å². The monoisotopic (exact) mass is 329 g/mol. The van der Waals surface area contributed by atoms with Crippen molar-refractivity contribution in [1.29, 1.82) is 0 Å². The standard InChI is InChI=1S/C13H13F2N3O5/c1-17-12(21)7(5-9(16)19)18-11(20)6-3-2-4-8-10(6)23-13(14,15)22-8/h2-4,7H,5H2,1H3,(H2,16,19)(H,17,21)(H,18,20)/t7-/m0/s1. The fourth-order valence-corrected chi connectivity index (χ4v) is 1.97. The molecule has 1 aromatic rings. The van der Waals surface area contributed by atoms with Gasteiger partial charge in [-0.05, 0) is 12.1 Å². The van der Waals surface area contributed by atoms with Crippen LogP contribution in [-0.4, -0.2) is 37.1 Å². The Labute approximate surface area is 128 Å². The molecule has 0 saturated carbocycles. The molecule has 4 N–H and O–H groups in total. The van der Waals surface area contributed by atoms with Gasteiger partial charge >= 0.3 is 6.29 Å². The van der Waals surface area contributed by atoms with Crippen LogP contribution in [0.25, 0.3) is 0 Å². The number of carbonyl (C=O) groups is 3. The highest BCUT2D eigenvalue weighted by molar-refractivity contribution is 6.01. The Morgan fingerprint density at radius 1 is 1.30 bits per heavy atom. The molecule has 10 heteroatoms. The van der Waals surface area contributed by atoms with Crippen LogP contribution in [0.4, 0.5) is 8.78 Å². The summed E-state index contributed by atoms with van der Waals surface area (Å²) in [6.07, 6.45) is -4.33. The summed E-state index contributed by atoms with van der Waals surface area (Å²) in [6, 6.07) is 2.47. The van der Waals surface area contributed by atoms with Gasteiger partial charge in [0.15, 0.2) is 11.5 Å². The predicted molar refractivity (Wildman–Crippen MR) is 71.8 cm³/mol. The first-order valence-corrected chi connectivity index (χ1v) is 6.43. The Morgan fingerprint density at radius 3 is 2.61 bits per heavy atom. The summed E-state index contributed by atoms with van der Waals surface area (Å²) in [5.74, 6) is -3.13. The van der Waals surface area contributed by atoms with E-state index in [1.165, 1.54) is 25.2 Å². The van der Waals surface area contributed by atoms with E-state index in [9.17, 15) is 23.2 Å². The molecule has 23 heavy (non-hydrogen) atoms. The second-order valence-electron chi connectivity index (χ2n) is 4.61. The number of halogens is 2. The minimum absolute atomic E-state index is 0.266. The van der Waals surface area contributed by atoms with E-state index in [1.807, 2.05) is 0 Å². The van der Waals surface area contributed by atoms with Gasteiger partial charge in [-0.2, -0.15) is 0 Å². The zero-order chi connectivity index (χ0) is 17.2. The van der Waals surface area contributed by atoms with Crippen LogP contribution in [0.3, 0.4) is 0 Å². The molecule has 1 atom stereocenters. The fourth-order valence-electron chi connectivity index (χ4n) is 1.97. The topological polar surface area (TPSA) is 120 Å². The molecule has 0 radical (unpaired) electrons. The summed E-state index contributed by atoms with van der Waals surface area (Å²) in [6.45, 7) is 0. The molecule has 3 amide bonds. The molecule has 0 fully saturated rings. The third kappa shape index (κ3) is 3.65. The number of likely N-dealkylation sites (N-methyl/N-ethyl adjacent to an activating group) is 1. The number of nitrogens with two attached hydrogens (primary N) is 1. The number of fused-ring (bicyclic) bond motifs is 1. The molecule has 0 unspecified atom stereocenters. The molecule has 8 nitrogen and oxygen atoms in total. The van der Waals surface area contributed by atoms with Gasteiger partial charge in [-0.15, -0.1) is 8.78 Å². The third-order valence-electron chi connectivity index (χ3n) is 2.95. The summed E-state index contributed by atoms with van der Waals surface area (Å²) >= 11 is 0. The predicted octanol–water partition coefficient (Wildman–Crippen LogP) is -0.272. The molecule has 1 heterocycles. The second kappa shape index (κ2) is 6.07. The first-order chi connectivity index (χ1) is 10.7. The summed E-state index contributed by atoms with van der Waals surface area (Å²) in [5, 5.41) is 4.50. The molecule has 2 rings (SSSR count). The van der Waals surface area contributed by atoms with Crippen LogP contribution in [0.1, 0.15) is 16.8 Å². The van der Waals surface area contributed by atoms with Crippen molar-refractivity contribution >= 4 is 17.7 Å². The van der Waals surface area contributed by atoms with E-state index in [2.05, 4.69) is 20.1 Å². The number of rotatable bonds is 5. The lowest BCUT2D eigenvalue weighted by Crippen LogP contribution is -2.47. The van der Waals surface area contributed by atoms with E-state index in [4.69, 9.17) is 5.73 Å². The maximum Gasteiger partial charge on any atom is 0.586 e. The maximum absolute atomic E-state index is 13.1. The van der Waals surface area contributed by atoms with Crippen LogP contribution in [-0.2, 0) is 9.59 Å². The Balaban J connectivity index is 2.23. The number of primary amides is 1. The van der Waals surface area contributed by atoms with Crippen LogP contribution in [0.15, 0.2) is 18.2 Å². The smallest absolute Gasteiger partial charge is 0.395 e. The van der Waals surface area contributed by atoms with Crippen molar-refractivity contribution in [3.8, 4) is 11.5 Å². The Bertz CT molecular complexity index is 665. The van der Waals surface area contributed by atoms with Crippen molar-refractivity contribution in [2.75, 3.05) is 7.05 Å². The Morgan fingerprint density at radius 2 is 2.00 bits per heavy atom. The Kier molecular flexibility index (Phi) is 4.34. The summed E-state index contributed by atoms with van der Waals surface area (Å²) in [5.41, 5.74) is 4.75. The van der Waals surface area contributed by atoms with Gasteiger partial charge in [0, 0.05) is 7.05 Å². The minimum atomic E-state index is -3.88. The summed E-state index contributed by atoms with van der Waals surface area (Å²) in [7, 11) is 1.31. The molecular formula is C13H13F2N3O5. The maximum atomic E-state index is 13.1. The van der Waals surface area contributed by atoms with E-state index in [-0.39, 0.29) is 11.3 Å². The van der Waals surface area contributed by atoms with Gasteiger partial charge in [0.1, 0.15) is 6.04 Å². The number of amides is 3. The molecule has 0 spiro atoms. The molecule has 1 aliphatic rings. The molecular weight excluding hydrogens is 316 g/mol. The highest BCUT2D eigenvalue weighted by Gasteiger charge is 2.45. The summed E-state index contributed by atoms with van der Waals surface area (Å²) < 4.78 is 34.7. The van der Waals surface area contributed by atoms with Crippen LogP contribution in [0.2, 0.25) is 0 Å². The van der Waals surface area contributed by atoms with Crippen LogP contribution in [0, 0.1) is 0 Å². The van der Waals surface area contributed by atoms with Crippen molar-refractivity contribution < 1.29 is 32.6 Å². The van der Waals surface area contributed by atoms with E-state index in [0.29, 0.717) is 0 Å². The van der Waals surface area contributed by atoms with Gasteiger partial charge in [-0.25, -0.2) is 0 Å². The molecule has 0 aliphatic carbocycles. The SMILES string of the molecule is CNC(=O)[C@H](CC(N)=O)NC(=O)c1cccc2c1OC(F)(F)O2. The molecule has 1 aliphatic heterocycles. The van der Waals surface area contributed by atoms with Gasteiger partial charge in [0.05, 0.1) is 12.0 Å². The van der Waals surface area contributed by atoms with E-state index in [1.54, 1.807) is 0 Å². The first kappa shape index (κ1) is 16.5. The van der Waals surface area contributed by atoms with Crippen molar-refractivity contribution in [3.63, 3.8) is 0 Å². The molecule has 0 aromatic heterocycles. The minimum Gasteiger partial charge on any atom is -0.395 e. The quantitative estimate of drug-likeness (QED) is 0.687. The number of benzene rings is 1. The molecule has 1 aromatic carbocycles. The van der Waals surface area contributed by atoms with Gasteiger partial charge in [-0.3, -0.25) is 14.4 Å². The zero-order valence-corrected chi connectivity index (χ0v) is 11.9. The van der Waals surface area contributed by atoms with Crippen molar-refractivity contribution in [1.82, 2.24) is 10.6 Å². The number of nitrogens with one attached hydrogen (secondary N) is 2. The van der Waals surface area contributed by atoms with Gasteiger partial charge < -0.3 is 25.8 Å². The third-order valence-corrected chi connectivity index (χ3v) is 2.95. The number of ether oxygens (including phenoxy) is 2. The van der Waals surface area contributed by atoms with Crippen molar-refractivity contribution in [2.45, 2.75) is 18.8 Å². The Hall–Kier alpha value is -2.91. The van der Waals surface area contributed by atoms with E-state index < -0.39 is 42.2 Å². The molecule has 0 bridgehead atoms. The largest absolute Gasteiger partial charge is 0.586 e.